The highest BCUT2D eigenvalue weighted by Crippen LogP contribution is 2.59. The summed E-state index contributed by atoms with van der Waals surface area (Å²) >= 11 is 0. The lowest BCUT2D eigenvalue weighted by molar-refractivity contribution is -0.133. The van der Waals surface area contributed by atoms with Crippen LogP contribution in [0.15, 0.2) is 23.3 Å². The van der Waals surface area contributed by atoms with Crippen molar-refractivity contribution in [2.45, 2.75) is 102 Å². The molecule has 3 N–H and O–H groups in total. The molecule has 0 aromatic carbocycles. The van der Waals surface area contributed by atoms with Crippen LogP contribution in [0.2, 0.25) is 0 Å². The molecule has 0 aromatic heterocycles. The van der Waals surface area contributed by atoms with Crippen LogP contribution in [-0.2, 0) is 0 Å². The summed E-state index contributed by atoms with van der Waals surface area (Å²) in [6.07, 6.45) is 9.31. The summed E-state index contributed by atoms with van der Waals surface area (Å²) in [5.74, 6) is 1.51. The highest BCUT2D eigenvalue weighted by Gasteiger charge is 2.51. The molecule has 0 bridgehead atoms. The highest BCUT2D eigenvalue weighted by atomic mass is 19.3. The first-order chi connectivity index (χ1) is 15.6. The molecule has 4 rings (SSSR count). The van der Waals surface area contributed by atoms with E-state index in [1.54, 1.807) is 0 Å². The molecule has 2 unspecified atom stereocenters. The molecule has 3 saturated carbocycles. The number of hydrogen-bond acceptors (Lipinski definition) is 4. The van der Waals surface area contributed by atoms with Gasteiger partial charge in [0.15, 0.2) is 0 Å². The third-order valence-electron chi connectivity index (χ3n) is 9.33. The average molecular weight is 468 g/mol. The Hall–Kier alpha value is -0.820. The van der Waals surface area contributed by atoms with E-state index >= 15 is 0 Å². The Bertz CT molecular complexity index is 744. The lowest BCUT2D eigenvalue weighted by atomic mass is 9.61. The summed E-state index contributed by atoms with van der Waals surface area (Å²) in [5, 5.41) is 30.3. The number of aliphatic hydroxyl groups excluding tert-OH is 2. The Morgan fingerprint density at radius 2 is 1.82 bits per heavy atom. The Morgan fingerprint density at radius 1 is 1.09 bits per heavy atom. The number of β-amino-alcohol motifs (C(OH)–C–C–N with tert-alkyl or cyclic N) is 1. The zero-order valence-electron chi connectivity index (χ0n) is 20.4. The van der Waals surface area contributed by atoms with Gasteiger partial charge >= 0.3 is 0 Å². The van der Waals surface area contributed by atoms with Crippen molar-refractivity contribution in [2.75, 3.05) is 19.6 Å². The van der Waals surface area contributed by atoms with Crippen molar-refractivity contribution < 1.29 is 24.1 Å². The number of allylic oxidation sites excluding steroid dienone is 3. The number of alkyl halides is 2. The van der Waals surface area contributed by atoms with Crippen molar-refractivity contribution in [1.29, 1.82) is 0 Å². The van der Waals surface area contributed by atoms with E-state index < -0.39 is 24.2 Å². The van der Waals surface area contributed by atoms with Gasteiger partial charge < -0.3 is 15.3 Å². The Labute approximate surface area is 197 Å². The number of likely N-dealkylation sites (tertiary alicyclic amines) is 1. The summed E-state index contributed by atoms with van der Waals surface area (Å²) in [4.78, 5) is 2.07. The standard InChI is InChI=1S/C27H43F2NO3/c1-18(16-30-12-4-11-27(33,17-30)25(28)29)23-8-9-24-20(5-3-10-26(23,24)2)7-6-19-13-21(31)15-22(32)14-19/h6-7,18,21-25,31-33H,3-5,8-17H2,1-2H3/b20-7+/t18?,21-,22-,23-,24+,26-,27?/m1/s1. The maximum Gasteiger partial charge on any atom is 0.268 e. The van der Waals surface area contributed by atoms with Gasteiger partial charge in [-0.05, 0) is 93.9 Å². The molecule has 0 spiro atoms. The number of hydrogen-bond donors (Lipinski definition) is 3. The van der Waals surface area contributed by atoms with E-state index in [1.165, 1.54) is 31.3 Å². The third kappa shape index (κ3) is 5.39. The number of nitrogens with zero attached hydrogens (tertiary/aromatic N) is 1. The molecular weight excluding hydrogens is 424 g/mol. The van der Waals surface area contributed by atoms with Crippen molar-refractivity contribution in [3.63, 3.8) is 0 Å². The number of piperidine rings is 1. The smallest absolute Gasteiger partial charge is 0.268 e. The molecule has 4 aliphatic rings. The zero-order chi connectivity index (χ0) is 23.8. The minimum atomic E-state index is -2.68. The van der Waals surface area contributed by atoms with Crippen LogP contribution in [-0.4, -0.2) is 64.1 Å². The first-order valence-electron chi connectivity index (χ1n) is 13.1. The first kappa shape index (κ1) is 25.3. The normalized spacial score (nSPS) is 42.5. The van der Waals surface area contributed by atoms with Gasteiger partial charge in [0.1, 0.15) is 5.60 Å². The van der Waals surface area contributed by atoms with Gasteiger partial charge in [-0.3, -0.25) is 4.90 Å². The van der Waals surface area contributed by atoms with E-state index in [-0.39, 0.29) is 18.4 Å². The summed E-state index contributed by atoms with van der Waals surface area (Å²) in [6, 6.07) is 0. The van der Waals surface area contributed by atoms with Crippen LogP contribution >= 0.6 is 0 Å². The molecule has 4 nitrogen and oxygen atoms in total. The molecule has 33 heavy (non-hydrogen) atoms. The van der Waals surface area contributed by atoms with Crippen molar-refractivity contribution in [1.82, 2.24) is 4.90 Å². The molecule has 0 radical (unpaired) electrons. The van der Waals surface area contributed by atoms with Crippen LogP contribution in [0.1, 0.15) is 78.1 Å². The predicted molar refractivity (Wildman–Crippen MR) is 126 cm³/mol. The molecule has 3 aliphatic carbocycles. The molecule has 7 atom stereocenters. The summed E-state index contributed by atoms with van der Waals surface area (Å²) in [5.41, 5.74) is 1.02. The van der Waals surface area contributed by atoms with Gasteiger partial charge in [0, 0.05) is 13.1 Å². The molecule has 1 saturated heterocycles. The maximum atomic E-state index is 13.4. The van der Waals surface area contributed by atoms with Gasteiger partial charge in [-0.1, -0.05) is 37.1 Å². The van der Waals surface area contributed by atoms with Gasteiger partial charge in [-0.2, -0.15) is 0 Å². The van der Waals surface area contributed by atoms with Crippen molar-refractivity contribution in [3.8, 4) is 0 Å². The minimum absolute atomic E-state index is 0.0816. The van der Waals surface area contributed by atoms with E-state index in [4.69, 9.17) is 0 Å². The van der Waals surface area contributed by atoms with E-state index in [0.717, 1.165) is 25.1 Å². The Balaban J connectivity index is 1.43. The first-order valence-corrected chi connectivity index (χ1v) is 13.1. The topological polar surface area (TPSA) is 63.9 Å². The zero-order valence-corrected chi connectivity index (χ0v) is 20.4. The molecule has 0 amide bonds. The largest absolute Gasteiger partial charge is 0.393 e. The minimum Gasteiger partial charge on any atom is -0.393 e. The SMILES string of the molecule is CC(CN1CCCC(O)(C(F)F)C1)[C@H]1CC[C@H]2/C(=C/C=C3C[C@@H](O)C[C@H](O)C3)CCC[C@]12C. The van der Waals surface area contributed by atoms with Crippen molar-refractivity contribution in [2.24, 2.45) is 23.2 Å². The van der Waals surface area contributed by atoms with Gasteiger partial charge in [-0.15, -0.1) is 0 Å². The molecule has 1 heterocycles. The average Bonchev–Trinajstić information content (AvgIpc) is 3.09. The fraction of sp³-hybridized carbons (Fsp3) is 0.852. The van der Waals surface area contributed by atoms with Crippen LogP contribution in [0.5, 0.6) is 0 Å². The van der Waals surface area contributed by atoms with Crippen molar-refractivity contribution >= 4 is 0 Å². The lowest BCUT2D eigenvalue weighted by Crippen LogP contribution is -2.54. The number of aliphatic hydroxyl groups is 3. The van der Waals surface area contributed by atoms with Crippen molar-refractivity contribution in [3.05, 3.63) is 23.3 Å². The summed E-state index contributed by atoms with van der Waals surface area (Å²) < 4.78 is 26.8. The molecule has 0 aromatic rings. The molecule has 1 aliphatic heterocycles. The van der Waals surface area contributed by atoms with Gasteiger partial charge in [0.25, 0.3) is 6.43 Å². The van der Waals surface area contributed by atoms with Crippen LogP contribution in [0.4, 0.5) is 8.78 Å². The Morgan fingerprint density at radius 3 is 2.52 bits per heavy atom. The fourth-order valence-electron chi connectivity index (χ4n) is 7.77. The van der Waals surface area contributed by atoms with Gasteiger partial charge in [-0.25, -0.2) is 8.78 Å². The maximum absolute atomic E-state index is 13.4. The van der Waals surface area contributed by atoms with E-state index in [9.17, 15) is 24.1 Å². The monoisotopic (exact) mass is 467 g/mol. The predicted octanol–water partition coefficient (Wildman–Crippen LogP) is 4.69. The summed E-state index contributed by atoms with van der Waals surface area (Å²) in [7, 11) is 0. The number of halogens is 2. The quantitative estimate of drug-likeness (QED) is 0.549. The molecule has 188 valence electrons. The second-order valence-corrected chi connectivity index (χ2v) is 11.8. The van der Waals surface area contributed by atoms with Crippen LogP contribution < -0.4 is 0 Å². The number of fused-ring (bicyclic) bond motifs is 1. The van der Waals surface area contributed by atoms with Gasteiger partial charge in [0.05, 0.1) is 12.2 Å². The molecular formula is C27H43F2NO3. The van der Waals surface area contributed by atoms with Crippen LogP contribution in [0.25, 0.3) is 0 Å². The Kier molecular flexibility index (Phi) is 7.69. The molecule has 4 fully saturated rings. The second kappa shape index (κ2) is 10.0. The van der Waals surface area contributed by atoms with E-state index in [2.05, 4.69) is 30.9 Å². The van der Waals surface area contributed by atoms with Crippen LogP contribution in [0, 0.1) is 23.2 Å². The highest BCUT2D eigenvalue weighted by molar-refractivity contribution is 5.26. The summed E-state index contributed by atoms with van der Waals surface area (Å²) in [6.45, 7) is 6.37. The lowest BCUT2D eigenvalue weighted by Gasteiger charge is -2.46. The van der Waals surface area contributed by atoms with E-state index in [0.29, 0.717) is 43.4 Å². The second-order valence-electron chi connectivity index (χ2n) is 11.8. The fourth-order valence-corrected chi connectivity index (χ4v) is 7.77. The number of rotatable bonds is 5. The van der Waals surface area contributed by atoms with E-state index in [1.807, 2.05) is 0 Å². The third-order valence-corrected chi connectivity index (χ3v) is 9.33. The van der Waals surface area contributed by atoms with Gasteiger partial charge in [0.2, 0.25) is 0 Å². The van der Waals surface area contributed by atoms with Crippen LogP contribution in [0.3, 0.4) is 0 Å². The molecule has 6 heteroatoms.